The van der Waals surface area contributed by atoms with E-state index in [1.165, 1.54) is 26.8 Å². The van der Waals surface area contributed by atoms with Crippen LogP contribution >= 0.6 is 11.8 Å². The predicted octanol–water partition coefficient (Wildman–Crippen LogP) is 6.17. The zero-order valence-electron chi connectivity index (χ0n) is 13.0. The standard InChI is InChI=1S/C21H17NS/c1-2-23-16-9-7-8-15(14-16)21-17-10-3-5-12-19(17)22-20-13-6-4-11-18(20)21/h3-14H,2H2,1H3. The molecule has 3 aromatic carbocycles. The second-order valence-corrected chi connectivity index (χ2v) is 6.82. The molecule has 0 N–H and O–H groups in total. The lowest BCUT2D eigenvalue weighted by Crippen LogP contribution is -1.89. The van der Waals surface area contributed by atoms with Crippen LogP contribution in [-0.2, 0) is 0 Å². The van der Waals surface area contributed by atoms with Crippen LogP contribution in [0.5, 0.6) is 0 Å². The second-order valence-electron chi connectivity index (χ2n) is 5.48. The fourth-order valence-electron chi connectivity index (χ4n) is 3.06. The molecule has 2 heteroatoms. The van der Waals surface area contributed by atoms with Crippen molar-refractivity contribution in [2.75, 3.05) is 5.75 Å². The van der Waals surface area contributed by atoms with Gasteiger partial charge in [-0.25, -0.2) is 4.98 Å². The van der Waals surface area contributed by atoms with E-state index < -0.39 is 0 Å². The first-order chi connectivity index (χ1) is 11.4. The van der Waals surface area contributed by atoms with Crippen molar-refractivity contribution >= 4 is 33.6 Å². The number of aromatic nitrogens is 1. The third-order valence-corrected chi connectivity index (χ3v) is 4.90. The molecule has 0 unspecified atom stereocenters. The Morgan fingerprint density at radius 2 is 1.43 bits per heavy atom. The highest BCUT2D eigenvalue weighted by molar-refractivity contribution is 7.99. The van der Waals surface area contributed by atoms with Gasteiger partial charge in [0, 0.05) is 21.2 Å². The molecular formula is C21H17NS. The van der Waals surface area contributed by atoms with Gasteiger partial charge in [0.1, 0.15) is 0 Å². The lowest BCUT2D eigenvalue weighted by Gasteiger charge is -2.12. The zero-order valence-corrected chi connectivity index (χ0v) is 13.8. The second kappa shape index (κ2) is 6.05. The Balaban J connectivity index is 2.08. The quantitative estimate of drug-likeness (QED) is 0.331. The molecule has 4 rings (SSSR count). The Morgan fingerprint density at radius 3 is 2.09 bits per heavy atom. The summed E-state index contributed by atoms with van der Waals surface area (Å²) in [5.41, 5.74) is 4.65. The Labute approximate surface area is 140 Å². The van der Waals surface area contributed by atoms with Gasteiger partial charge in [0.05, 0.1) is 11.0 Å². The molecule has 1 heterocycles. The lowest BCUT2D eigenvalue weighted by atomic mass is 9.96. The summed E-state index contributed by atoms with van der Waals surface area (Å²) in [4.78, 5) is 6.13. The molecule has 0 atom stereocenters. The Bertz CT molecular complexity index is 937. The normalized spacial score (nSPS) is 11.2. The highest BCUT2D eigenvalue weighted by Gasteiger charge is 2.11. The summed E-state index contributed by atoms with van der Waals surface area (Å²) in [6.45, 7) is 2.19. The minimum absolute atomic E-state index is 1.05. The van der Waals surface area contributed by atoms with Crippen molar-refractivity contribution in [3.05, 3.63) is 72.8 Å². The van der Waals surface area contributed by atoms with E-state index in [2.05, 4.69) is 79.7 Å². The predicted molar refractivity (Wildman–Crippen MR) is 101 cm³/mol. The van der Waals surface area contributed by atoms with E-state index in [0.717, 1.165) is 16.8 Å². The zero-order chi connectivity index (χ0) is 15.6. The fraction of sp³-hybridized carbons (Fsp3) is 0.0952. The first-order valence-corrected chi connectivity index (χ1v) is 8.86. The molecule has 0 radical (unpaired) electrons. The monoisotopic (exact) mass is 315 g/mol. The van der Waals surface area contributed by atoms with E-state index in [-0.39, 0.29) is 0 Å². The average Bonchev–Trinajstić information content (AvgIpc) is 2.60. The maximum atomic E-state index is 4.82. The molecule has 0 spiro atoms. The van der Waals surface area contributed by atoms with Crippen LogP contribution in [0.1, 0.15) is 6.92 Å². The molecule has 1 nitrogen and oxygen atoms in total. The van der Waals surface area contributed by atoms with Gasteiger partial charge in [0.15, 0.2) is 0 Å². The average molecular weight is 315 g/mol. The topological polar surface area (TPSA) is 12.9 Å². The van der Waals surface area contributed by atoms with Crippen LogP contribution in [0, 0.1) is 0 Å². The summed E-state index contributed by atoms with van der Waals surface area (Å²) in [5.74, 6) is 1.08. The number of benzene rings is 3. The van der Waals surface area contributed by atoms with E-state index in [4.69, 9.17) is 4.98 Å². The summed E-state index contributed by atoms with van der Waals surface area (Å²) in [7, 11) is 0. The summed E-state index contributed by atoms with van der Waals surface area (Å²) >= 11 is 1.88. The van der Waals surface area contributed by atoms with Crippen LogP contribution in [0.3, 0.4) is 0 Å². The SMILES string of the molecule is CCSc1cccc(-c2c3ccccc3nc3ccccc23)c1. The molecule has 4 aromatic rings. The summed E-state index contributed by atoms with van der Waals surface area (Å²) in [6.07, 6.45) is 0. The number of hydrogen-bond donors (Lipinski definition) is 0. The Hall–Kier alpha value is -2.32. The van der Waals surface area contributed by atoms with Gasteiger partial charge < -0.3 is 0 Å². The molecule has 0 aliphatic carbocycles. The van der Waals surface area contributed by atoms with Gasteiger partial charge in [0.2, 0.25) is 0 Å². The Kier molecular flexibility index (Phi) is 3.76. The molecule has 0 amide bonds. The summed E-state index contributed by atoms with van der Waals surface area (Å²) < 4.78 is 0. The summed E-state index contributed by atoms with van der Waals surface area (Å²) in [6, 6.07) is 25.6. The third kappa shape index (κ3) is 2.60. The van der Waals surface area contributed by atoms with Crippen molar-refractivity contribution in [1.29, 1.82) is 0 Å². The van der Waals surface area contributed by atoms with Crippen LogP contribution in [0.25, 0.3) is 32.9 Å². The number of thioether (sulfide) groups is 1. The minimum Gasteiger partial charge on any atom is -0.248 e. The van der Waals surface area contributed by atoms with Gasteiger partial charge in [-0.15, -0.1) is 11.8 Å². The largest absolute Gasteiger partial charge is 0.248 e. The molecule has 1 aromatic heterocycles. The van der Waals surface area contributed by atoms with Crippen molar-refractivity contribution in [3.63, 3.8) is 0 Å². The lowest BCUT2D eigenvalue weighted by molar-refractivity contribution is 1.43. The molecule has 23 heavy (non-hydrogen) atoms. The number of nitrogens with zero attached hydrogens (tertiary/aromatic N) is 1. The molecule has 0 saturated carbocycles. The fourth-order valence-corrected chi connectivity index (χ4v) is 3.78. The third-order valence-electron chi connectivity index (χ3n) is 4.02. The maximum absolute atomic E-state index is 4.82. The van der Waals surface area contributed by atoms with E-state index in [1.807, 2.05) is 11.8 Å². The molecule has 0 aliphatic heterocycles. The van der Waals surface area contributed by atoms with Crippen LogP contribution in [-0.4, -0.2) is 10.7 Å². The van der Waals surface area contributed by atoms with Gasteiger partial charge in [-0.05, 0) is 35.6 Å². The van der Waals surface area contributed by atoms with E-state index in [9.17, 15) is 0 Å². The summed E-state index contributed by atoms with van der Waals surface area (Å²) in [5, 5.41) is 2.43. The van der Waals surface area contributed by atoms with E-state index >= 15 is 0 Å². The van der Waals surface area contributed by atoms with Crippen molar-refractivity contribution in [2.45, 2.75) is 11.8 Å². The van der Waals surface area contributed by atoms with Gasteiger partial charge in [0.25, 0.3) is 0 Å². The van der Waals surface area contributed by atoms with Crippen LogP contribution in [0.4, 0.5) is 0 Å². The minimum atomic E-state index is 1.05. The van der Waals surface area contributed by atoms with Gasteiger partial charge in [-0.1, -0.05) is 55.5 Å². The number of pyridine rings is 1. The maximum Gasteiger partial charge on any atom is 0.0715 e. The van der Waals surface area contributed by atoms with Crippen molar-refractivity contribution < 1.29 is 0 Å². The molecule has 0 aliphatic rings. The van der Waals surface area contributed by atoms with Gasteiger partial charge >= 0.3 is 0 Å². The van der Waals surface area contributed by atoms with Gasteiger partial charge in [-0.3, -0.25) is 0 Å². The van der Waals surface area contributed by atoms with Crippen LogP contribution in [0.2, 0.25) is 0 Å². The number of fused-ring (bicyclic) bond motifs is 2. The number of rotatable bonds is 3. The van der Waals surface area contributed by atoms with Crippen LogP contribution < -0.4 is 0 Å². The van der Waals surface area contributed by atoms with Crippen molar-refractivity contribution in [3.8, 4) is 11.1 Å². The first kappa shape index (κ1) is 14.3. The van der Waals surface area contributed by atoms with Crippen molar-refractivity contribution in [2.24, 2.45) is 0 Å². The number of hydrogen-bond acceptors (Lipinski definition) is 2. The molecular weight excluding hydrogens is 298 g/mol. The number of para-hydroxylation sites is 2. The highest BCUT2D eigenvalue weighted by Crippen LogP contribution is 2.36. The van der Waals surface area contributed by atoms with Gasteiger partial charge in [-0.2, -0.15) is 0 Å². The first-order valence-electron chi connectivity index (χ1n) is 7.87. The van der Waals surface area contributed by atoms with Crippen molar-refractivity contribution in [1.82, 2.24) is 4.98 Å². The van der Waals surface area contributed by atoms with E-state index in [1.54, 1.807) is 0 Å². The highest BCUT2D eigenvalue weighted by atomic mass is 32.2. The molecule has 0 saturated heterocycles. The van der Waals surface area contributed by atoms with E-state index in [0.29, 0.717) is 0 Å². The smallest absolute Gasteiger partial charge is 0.0715 e. The molecule has 0 bridgehead atoms. The Morgan fingerprint density at radius 1 is 0.783 bits per heavy atom. The van der Waals surface area contributed by atoms with Crippen LogP contribution in [0.15, 0.2) is 77.7 Å². The molecule has 112 valence electrons. The molecule has 0 fully saturated rings.